The smallest absolute Gasteiger partial charge is 0.0456 e. The number of hydrogen-bond acceptors (Lipinski definition) is 2. The van der Waals surface area contributed by atoms with Gasteiger partial charge in [-0.15, -0.1) is 0 Å². The van der Waals surface area contributed by atoms with Crippen molar-refractivity contribution in [3.05, 3.63) is 29.6 Å². The highest BCUT2D eigenvalue weighted by molar-refractivity contribution is 5.27. The van der Waals surface area contributed by atoms with E-state index in [4.69, 9.17) is 5.73 Å². The van der Waals surface area contributed by atoms with Crippen molar-refractivity contribution in [1.29, 1.82) is 0 Å². The molecule has 0 aliphatic heterocycles. The molecule has 0 saturated heterocycles. The largest absolute Gasteiger partial charge is 0.324 e. The third-order valence-corrected chi connectivity index (χ3v) is 2.74. The van der Waals surface area contributed by atoms with Gasteiger partial charge in [0.1, 0.15) is 0 Å². The van der Waals surface area contributed by atoms with Gasteiger partial charge in [-0.05, 0) is 29.9 Å². The molecular formula is C11H16N2. The number of pyridine rings is 1. The number of rotatable bonds is 0. The molecule has 1 aromatic heterocycles. The summed E-state index contributed by atoms with van der Waals surface area (Å²) < 4.78 is 0. The first-order chi connectivity index (χ1) is 6.08. The Morgan fingerprint density at radius 2 is 2.31 bits per heavy atom. The van der Waals surface area contributed by atoms with Crippen LogP contribution in [0.1, 0.15) is 37.6 Å². The lowest BCUT2D eigenvalue weighted by Gasteiger charge is -2.34. The number of aromatic nitrogens is 1. The summed E-state index contributed by atoms with van der Waals surface area (Å²) in [6, 6.07) is 4.24. The van der Waals surface area contributed by atoms with Gasteiger partial charge in [-0.1, -0.05) is 19.9 Å². The molecule has 2 N–H and O–H groups in total. The van der Waals surface area contributed by atoms with Crippen LogP contribution < -0.4 is 5.73 Å². The number of nitrogens with zero attached hydrogens (tertiary/aromatic N) is 1. The number of fused-ring (bicyclic) bond motifs is 1. The Morgan fingerprint density at radius 3 is 3.08 bits per heavy atom. The molecule has 0 aromatic carbocycles. The Balaban J connectivity index is 2.43. The van der Waals surface area contributed by atoms with Crippen LogP contribution in [0.4, 0.5) is 0 Å². The van der Waals surface area contributed by atoms with Gasteiger partial charge < -0.3 is 5.73 Å². The zero-order valence-corrected chi connectivity index (χ0v) is 8.25. The van der Waals surface area contributed by atoms with Crippen LogP contribution in [-0.2, 0) is 6.42 Å². The summed E-state index contributed by atoms with van der Waals surface area (Å²) in [5.41, 5.74) is 8.81. The molecule has 0 radical (unpaired) electrons. The highest BCUT2D eigenvalue weighted by Crippen LogP contribution is 2.38. The fourth-order valence-electron chi connectivity index (χ4n) is 2.17. The van der Waals surface area contributed by atoms with Gasteiger partial charge in [0, 0.05) is 17.9 Å². The summed E-state index contributed by atoms with van der Waals surface area (Å²) in [5.74, 6) is 0. The quantitative estimate of drug-likeness (QED) is 0.657. The lowest BCUT2D eigenvalue weighted by Crippen LogP contribution is -2.30. The molecule has 0 amide bonds. The fourth-order valence-corrected chi connectivity index (χ4v) is 2.17. The van der Waals surface area contributed by atoms with E-state index in [0.29, 0.717) is 5.41 Å². The van der Waals surface area contributed by atoms with Crippen molar-refractivity contribution in [3.8, 4) is 0 Å². The number of hydrogen-bond donors (Lipinski definition) is 1. The zero-order valence-electron chi connectivity index (χ0n) is 8.25. The third kappa shape index (κ3) is 1.59. The van der Waals surface area contributed by atoms with Crippen LogP contribution in [0.3, 0.4) is 0 Å². The molecular weight excluding hydrogens is 160 g/mol. The van der Waals surface area contributed by atoms with E-state index in [0.717, 1.165) is 12.8 Å². The summed E-state index contributed by atoms with van der Waals surface area (Å²) in [5, 5.41) is 0. The van der Waals surface area contributed by atoms with Crippen LogP contribution in [-0.4, -0.2) is 4.98 Å². The Bertz CT molecular complexity index is 318. The minimum absolute atomic E-state index is 0.174. The maximum absolute atomic E-state index is 6.08. The monoisotopic (exact) mass is 176 g/mol. The first-order valence-corrected chi connectivity index (χ1v) is 4.78. The minimum atomic E-state index is 0.174. The summed E-state index contributed by atoms with van der Waals surface area (Å²) in [4.78, 5) is 4.39. The summed E-state index contributed by atoms with van der Waals surface area (Å²) >= 11 is 0. The number of nitrogens with two attached hydrogens (primary N) is 1. The Kier molecular flexibility index (Phi) is 1.88. The molecule has 0 unspecified atom stereocenters. The molecule has 0 spiro atoms. The molecule has 70 valence electrons. The molecule has 0 saturated carbocycles. The van der Waals surface area contributed by atoms with E-state index in [1.165, 1.54) is 11.3 Å². The molecule has 1 aliphatic carbocycles. The predicted molar refractivity (Wildman–Crippen MR) is 53.3 cm³/mol. The van der Waals surface area contributed by atoms with Crippen molar-refractivity contribution in [1.82, 2.24) is 4.98 Å². The molecule has 2 rings (SSSR count). The summed E-state index contributed by atoms with van der Waals surface area (Å²) in [7, 11) is 0. The van der Waals surface area contributed by atoms with Gasteiger partial charge in [-0.2, -0.15) is 0 Å². The molecule has 1 aromatic rings. The average Bonchev–Trinajstić information content (AvgIpc) is 2.02. The van der Waals surface area contributed by atoms with Crippen molar-refractivity contribution < 1.29 is 0 Å². The Morgan fingerprint density at radius 1 is 1.54 bits per heavy atom. The normalized spacial score (nSPS) is 25.3. The van der Waals surface area contributed by atoms with E-state index >= 15 is 0 Å². The van der Waals surface area contributed by atoms with Gasteiger partial charge in [0.15, 0.2) is 0 Å². The van der Waals surface area contributed by atoms with Crippen molar-refractivity contribution >= 4 is 0 Å². The molecule has 1 heterocycles. The van der Waals surface area contributed by atoms with Crippen molar-refractivity contribution in [2.24, 2.45) is 11.1 Å². The predicted octanol–water partition coefficient (Wildman–Crippen LogP) is 2.05. The zero-order chi connectivity index (χ0) is 9.47. The maximum Gasteiger partial charge on any atom is 0.0456 e. The lowest BCUT2D eigenvalue weighted by atomic mass is 9.74. The van der Waals surface area contributed by atoms with E-state index in [9.17, 15) is 0 Å². The van der Waals surface area contributed by atoms with Crippen molar-refractivity contribution in [2.45, 2.75) is 32.7 Å². The van der Waals surface area contributed by atoms with Crippen LogP contribution >= 0.6 is 0 Å². The average molecular weight is 176 g/mol. The van der Waals surface area contributed by atoms with Crippen LogP contribution in [0.25, 0.3) is 0 Å². The van der Waals surface area contributed by atoms with Crippen molar-refractivity contribution in [3.63, 3.8) is 0 Å². The summed E-state index contributed by atoms with van der Waals surface area (Å²) in [6.45, 7) is 4.51. The molecule has 0 bridgehead atoms. The van der Waals surface area contributed by atoms with E-state index in [1.807, 2.05) is 12.3 Å². The van der Waals surface area contributed by atoms with E-state index < -0.39 is 0 Å². The highest BCUT2D eigenvalue weighted by atomic mass is 14.7. The first-order valence-electron chi connectivity index (χ1n) is 4.78. The van der Waals surface area contributed by atoms with E-state index in [-0.39, 0.29) is 6.04 Å². The van der Waals surface area contributed by atoms with Gasteiger partial charge in [0.2, 0.25) is 0 Å². The lowest BCUT2D eigenvalue weighted by molar-refractivity contribution is 0.279. The second-order valence-electron chi connectivity index (χ2n) is 4.69. The Hall–Kier alpha value is -0.890. The van der Waals surface area contributed by atoms with Gasteiger partial charge in [-0.25, -0.2) is 0 Å². The topological polar surface area (TPSA) is 38.9 Å². The van der Waals surface area contributed by atoms with Crippen molar-refractivity contribution in [2.75, 3.05) is 0 Å². The highest BCUT2D eigenvalue weighted by Gasteiger charge is 2.30. The van der Waals surface area contributed by atoms with Gasteiger partial charge in [-0.3, -0.25) is 4.98 Å². The van der Waals surface area contributed by atoms with Gasteiger partial charge in [0.05, 0.1) is 0 Å². The van der Waals surface area contributed by atoms with Crippen LogP contribution in [0.15, 0.2) is 18.3 Å². The second-order valence-corrected chi connectivity index (χ2v) is 4.69. The van der Waals surface area contributed by atoms with Crippen LogP contribution in [0.2, 0.25) is 0 Å². The van der Waals surface area contributed by atoms with Crippen LogP contribution in [0.5, 0.6) is 0 Å². The second kappa shape index (κ2) is 2.81. The fraction of sp³-hybridized carbons (Fsp3) is 0.545. The van der Waals surface area contributed by atoms with Gasteiger partial charge in [0.25, 0.3) is 0 Å². The first kappa shape index (κ1) is 8.70. The van der Waals surface area contributed by atoms with E-state index in [2.05, 4.69) is 24.9 Å². The SMILES string of the molecule is CC1(C)Cc2ncccc2[C@@H](N)C1. The standard InChI is InChI=1S/C11H16N2/c1-11(2)6-9(12)8-4-3-5-13-10(8)7-11/h3-5,9H,6-7,12H2,1-2H3/t9-/m0/s1. The molecule has 0 fully saturated rings. The molecule has 1 aliphatic rings. The molecule has 2 heteroatoms. The minimum Gasteiger partial charge on any atom is -0.324 e. The maximum atomic E-state index is 6.08. The summed E-state index contributed by atoms with van der Waals surface area (Å²) in [6.07, 6.45) is 3.97. The Labute approximate surface area is 79.2 Å². The molecule has 1 atom stereocenters. The van der Waals surface area contributed by atoms with E-state index in [1.54, 1.807) is 0 Å². The molecule has 2 nitrogen and oxygen atoms in total. The van der Waals surface area contributed by atoms with Gasteiger partial charge >= 0.3 is 0 Å². The molecule has 13 heavy (non-hydrogen) atoms. The van der Waals surface area contributed by atoms with Crippen LogP contribution in [0, 0.1) is 5.41 Å². The third-order valence-electron chi connectivity index (χ3n) is 2.74.